The number of Topliss-reactive ketones (excluding diaryl/α,β-unsaturated/α-hetero) is 1. The van der Waals surface area contributed by atoms with Crippen molar-refractivity contribution in [1.29, 1.82) is 0 Å². The summed E-state index contributed by atoms with van der Waals surface area (Å²) >= 11 is 0. The summed E-state index contributed by atoms with van der Waals surface area (Å²) < 4.78 is 23.2. The number of carbonyl (C=O) groups excluding carboxylic acids is 1. The van der Waals surface area contributed by atoms with Gasteiger partial charge >= 0.3 is 0 Å². The summed E-state index contributed by atoms with van der Waals surface area (Å²) in [6, 6.07) is 0. The first-order valence-corrected chi connectivity index (χ1v) is 6.99. The first kappa shape index (κ1) is 14.6. The van der Waals surface area contributed by atoms with Gasteiger partial charge in [-0.25, -0.2) is 8.42 Å². The molecule has 0 amide bonds. The smallest absolute Gasteiger partial charge is 0.152 e. The highest BCUT2D eigenvalue weighted by Gasteiger charge is 2.24. The quantitative estimate of drug-likeness (QED) is 0.708. The van der Waals surface area contributed by atoms with Gasteiger partial charge in [-0.05, 0) is 32.6 Å². The van der Waals surface area contributed by atoms with Gasteiger partial charge in [-0.15, -0.1) is 0 Å². The van der Waals surface area contributed by atoms with E-state index in [-0.39, 0.29) is 22.2 Å². The fraction of sp³-hybridized carbons (Fsp3) is 0.909. The Bertz CT molecular complexity index is 313. The molecule has 0 atom stereocenters. The minimum absolute atomic E-state index is 0.113. The molecule has 0 saturated heterocycles. The minimum Gasteiger partial charge on any atom is -0.300 e. The van der Waals surface area contributed by atoms with Crippen LogP contribution in [0.4, 0.5) is 0 Å². The maximum Gasteiger partial charge on any atom is 0.152 e. The maximum atomic E-state index is 11.6. The van der Waals surface area contributed by atoms with Crippen molar-refractivity contribution in [3.63, 3.8) is 0 Å². The molecular weight excluding hydrogens is 212 g/mol. The molecule has 0 N–H and O–H groups in total. The van der Waals surface area contributed by atoms with Crippen molar-refractivity contribution in [2.24, 2.45) is 5.41 Å². The summed E-state index contributed by atoms with van der Waals surface area (Å²) in [6.45, 7) is 8.79. The van der Waals surface area contributed by atoms with E-state index in [1.165, 1.54) is 0 Å². The first-order valence-electron chi connectivity index (χ1n) is 5.28. The highest BCUT2D eigenvalue weighted by Crippen LogP contribution is 2.26. The van der Waals surface area contributed by atoms with E-state index in [2.05, 4.69) is 0 Å². The molecule has 0 fully saturated rings. The van der Waals surface area contributed by atoms with Gasteiger partial charge in [0.05, 0.1) is 11.0 Å². The van der Waals surface area contributed by atoms with Gasteiger partial charge in [-0.3, -0.25) is 0 Å². The lowest BCUT2D eigenvalue weighted by molar-refractivity contribution is -0.118. The molecule has 15 heavy (non-hydrogen) atoms. The Labute approximate surface area is 93.2 Å². The Kier molecular flexibility index (Phi) is 4.97. The summed E-state index contributed by atoms with van der Waals surface area (Å²) in [5, 5.41) is -0.328. The molecule has 0 saturated carbocycles. The monoisotopic (exact) mass is 234 g/mol. The van der Waals surface area contributed by atoms with Crippen LogP contribution in [0.25, 0.3) is 0 Å². The molecule has 0 aromatic heterocycles. The number of carbonyl (C=O) groups is 1. The van der Waals surface area contributed by atoms with Gasteiger partial charge in [0.1, 0.15) is 5.78 Å². The molecule has 0 rings (SSSR count). The summed E-state index contributed by atoms with van der Waals surface area (Å²) in [7, 11) is -2.98. The molecule has 90 valence electrons. The summed E-state index contributed by atoms with van der Waals surface area (Å²) in [5.74, 6) is 0.284. The van der Waals surface area contributed by atoms with Crippen LogP contribution in [0.3, 0.4) is 0 Å². The molecule has 0 bridgehead atoms. The van der Waals surface area contributed by atoms with Crippen LogP contribution in [0.15, 0.2) is 0 Å². The Morgan fingerprint density at radius 1 is 1.27 bits per heavy atom. The van der Waals surface area contributed by atoms with E-state index < -0.39 is 9.84 Å². The third-order valence-electron chi connectivity index (χ3n) is 2.51. The van der Waals surface area contributed by atoms with Gasteiger partial charge in [0, 0.05) is 6.42 Å². The second-order valence-electron chi connectivity index (χ2n) is 5.21. The Balaban J connectivity index is 4.33. The zero-order chi connectivity index (χ0) is 12.3. The van der Waals surface area contributed by atoms with Crippen LogP contribution in [-0.4, -0.2) is 25.2 Å². The van der Waals surface area contributed by atoms with Crippen LogP contribution >= 0.6 is 0 Å². The SMILES string of the molecule is CC(=O)CC(C)(C)CCS(=O)(=O)C(C)C. The highest BCUT2D eigenvalue weighted by atomic mass is 32.2. The minimum atomic E-state index is -2.98. The molecule has 4 heteroatoms. The van der Waals surface area contributed by atoms with Crippen molar-refractivity contribution in [2.75, 3.05) is 5.75 Å². The van der Waals surface area contributed by atoms with E-state index in [0.29, 0.717) is 12.8 Å². The lowest BCUT2D eigenvalue weighted by atomic mass is 9.85. The largest absolute Gasteiger partial charge is 0.300 e. The van der Waals surface area contributed by atoms with Crippen LogP contribution < -0.4 is 0 Å². The van der Waals surface area contributed by atoms with Gasteiger partial charge in [0.2, 0.25) is 0 Å². The second kappa shape index (κ2) is 5.10. The van der Waals surface area contributed by atoms with Crippen LogP contribution in [0.2, 0.25) is 0 Å². The van der Waals surface area contributed by atoms with Crippen molar-refractivity contribution in [3.8, 4) is 0 Å². The summed E-state index contributed by atoms with van der Waals surface area (Å²) in [4.78, 5) is 11.0. The molecule has 3 nitrogen and oxygen atoms in total. The number of rotatable bonds is 6. The number of ketones is 1. The van der Waals surface area contributed by atoms with Crippen molar-refractivity contribution in [1.82, 2.24) is 0 Å². The van der Waals surface area contributed by atoms with E-state index in [9.17, 15) is 13.2 Å². The van der Waals surface area contributed by atoms with Crippen molar-refractivity contribution in [2.45, 2.75) is 52.7 Å². The van der Waals surface area contributed by atoms with Gasteiger partial charge in [-0.1, -0.05) is 13.8 Å². The van der Waals surface area contributed by atoms with Crippen LogP contribution in [0, 0.1) is 5.41 Å². The number of hydrogen-bond donors (Lipinski definition) is 0. The van der Waals surface area contributed by atoms with E-state index in [1.54, 1.807) is 20.8 Å². The predicted molar refractivity (Wildman–Crippen MR) is 62.6 cm³/mol. The fourth-order valence-corrected chi connectivity index (χ4v) is 2.73. The van der Waals surface area contributed by atoms with Gasteiger partial charge in [-0.2, -0.15) is 0 Å². The van der Waals surface area contributed by atoms with Crippen LogP contribution in [0.5, 0.6) is 0 Å². The first-order chi connectivity index (χ1) is 6.57. The van der Waals surface area contributed by atoms with E-state index >= 15 is 0 Å². The molecule has 0 aliphatic carbocycles. The van der Waals surface area contributed by atoms with E-state index in [0.717, 1.165) is 0 Å². The average molecular weight is 234 g/mol. The fourth-order valence-electron chi connectivity index (χ4n) is 1.42. The Hall–Kier alpha value is -0.380. The predicted octanol–water partition coefficient (Wildman–Crippen LogP) is 2.21. The van der Waals surface area contributed by atoms with E-state index in [4.69, 9.17) is 0 Å². The molecule has 0 radical (unpaired) electrons. The van der Waals surface area contributed by atoms with Gasteiger partial charge in [0.15, 0.2) is 9.84 Å². The maximum absolute atomic E-state index is 11.6. The molecule has 0 aromatic rings. The van der Waals surface area contributed by atoms with Crippen molar-refractivity contribution in [3.05, 3.63) is 0 Å². The molecule has 0 aromatic carbocycles. The molecule has 0 aliphatic rings. The second-order valence-corrected chi connectivity index (χ2v) is 7.89. The Morgan fingerprint density at radius 3 is 2.07 bits per heavy atom. The van der Waals surface area contributed by atoms with Crippen LogP contribution in [-0.2, 0) is 14.6 Å². The van der Waals surface area contributed by atoms with Crippen molar-refractivity contribution < 1.29 is 13.2 Å². The highest BCUT2D eigenvalue weighted by molar-refractivity contribution is 7.91. The van der Waals surface area contributed by atoms with Crippen LogP contribution in [0.1, 0.15) is 47.5 Å². The van der Waals surface area contributed by atoms with Crippen molar-refractivity contribution >= 4 is 15.6 Å². The lowest BCUT2D eigenvalue weighted by Gasteiger charge is -2.23. The number of sulfone groups is 1. The Morgan fingerprint density at radius 2 is 1.73 bits per heavy atom. The molecule has 0 heterocycles. The third-order valence-corrected chi connectivity index (χ3v) is 4.72. The van der Waals surface area contributed by atoms with Gasteiger partial charge in [0.25, 0.3) is 0 Å². The standard InChI is InChI=1S/C11H22O3S/c1-9(2)15(13,14)7-6-11(4,5)8-10(3)12/h9H,6-8H2,1-5H3. The molecule has 0 spiro atoms. The number of hydrogen-bond acceptors (Lipinski definition) is 3. The molecular formula is C11H22O3S. The molecule has 0 aliphatic heterocycles. The molecule has 0 unspecified atom stereocenters. The topological polar surface area (TPSA) is 51.2 Å². The summed E-state index contributed by atoms with van der Waals surface area (Å²) in [5.41, 5.74) is -0.214. The lowest BCUT2D eigenvalue weighted by Crippen LogP contribution is -2.24. The van der Waals surface area contributed by atoms with Gasteiger partial charge < -0.3 is 4.79 Å². The average Bonchev–Trinajstić information content (AvgIpc) is 1.98. The summed E-state index contributed by atoms with van der Waals surface area (Å²) in [6.07, 6.45) is 0.994. The zero-order valence-electron chi connectivity index (χ0n) is 10.3. The normalized spacial score (nSPS) is 13.2. The third kappa shape index (κ3) is 5.92. The van der Waals surface area contributed by atoms with E-state index in [1.807, 2.05) is 13.8 Å². The zero-order valence-corrected chi connectivity index (χ0v) is 11.1.